The summed E-state index contributed by atoms with van der Waals surface area (Å²) in [5, 5.41) is 1.06. The van der Waals surface area contributed by atoms with Gasteiger partial charge in [0, 0.05) is 5.33 Å². The molecule has 0 nitrogen and oxygen atoms in total. The SMILES string of the molecule is CC1=CC(C)(CBr)CC=C1. The quantitative estimate of drug-likeness (QED) is 0.571. The highest BCUT2D eigenvalue weighted by Gasteiger charge is 2.19. The summed E-state index contributed by atoms with van der Waals surface area (Å²) in [6, 6.07) is 0. The van der Waals surface area contributed by atoms with Crippen molar-refractivity contribution in [3.05, 3.63) is 23.8 Å². The second-order valence-corrected chi connectivity index (χ2v) is 3.84. The molecular formula is C9H13Br. The van der Waals surface area contributed by atoms with E-state index in [1.165, 1.54) is 5.57 Å². The minimum atomic E-state index is 0.360. The van der Waals surface area contributed by atoms with Crippen LogP contribution in [0.2, 0.25) is 0 Å². The molecule has 0 aliphatic heterocycles. The molecule has 0 saturated carbocycles. The molecule has 0 radical (unpaired) electrons. The van der Waals surface area contributed by atoms with Crippen LogP contribution in [0.4, 0.5) is 0 Å². The summed E-state index contributed by atoms with van der Waals surface area (Å²) < 4.78 is 0. The van der Waals surface area contributed by atoms with Gasteiger partial charge in [-0.15, -0.1) is 0 Å². The topological polar surface area (TPSA) is 0 Å². The molecule has 0 heterocycles. The van der Waals surface area contributed by atoms with Crippen molar-refractivity contribution in [3.8, 4) is 0 Å². The number of rotatable bonds is 1. The van der Waals surface area contributed by atoms with Crippen LogP contribution in [0, 0.1) is 5.41 Å². The van der Waals surface area contributed by atoms with Gasteiger partial charge in [-0.3, -0.25) is 0 Å². The second-order valence-electron chi connectivity index (χ2n) is 3.28. The van der Waals surface area contributed by atoms with Crippen LogP contribution in [0.1, 0.15) is 20.3 Å². The van der Waals surface area contributed by atoms with E-state index in [-0.39, 0.29) is 0 Å². The van der Waals surface area contributed by atoms with Crippen LogP contribution in [-0.2, 0) is 0 Å². The van der Waals surface area contributed by atoms with E-state index in [0.29, 0.717) is 5.41 Å². The molecule has 0 N–H and O–H groups in total. The average molecular weight is 201 g/mol. The Morgan fingerprint density at radius 3 is 2.80 bits per heavy atom. The Hall–Kier alpha value is -0.0400. The first-order valence-corrected chi connectivity index (χ1v) is 4.70. The van der Waals surface area contributed by atoms with E-state index in [9.17, 15) is 0 Å². The van der Waals surface area contributed by atoms with Crippen molar-refractivity contribution in [1.29, 1.82) is 0 Å². The second kappa shape index (κ2) is 2.91. The Balaban J connectivity index is 2.76. The summed E-state index contributed by atoms with van der Waals surface area (Å²) in [6.07, 6.45) is 7.93. The van der Waals surface area contributed by atoms with Gasteiger partial charge < -0.3 is 0 Å². The Labute approximate surface area is 71.1 Å². The van der Waals surface area contributed by atoms with Gasteiger partial charge in [-0.2, -0.15) is 0 Å². The van der Waals surface area contributed by atoms with Gasteiger partial charge >= 0.3 is 0 Å². The summed E-state index contributed by atoms with van der Waals surface area (Å²) >= 11 is 3.52. The number of allylic oxidation sites excluding steroid dienone is 4. The predicted octanol–water partition coefficient (Wildman–Crippen LogP) is 3.29. The molecule has 1 aliphatic carbocycles. The van der Waals surface area contributed by atoms with E-state index in [1.54, 1.807) is 0 Å². The predicted molar refractivity (Wildman–Crippen MR) is 49.4 cm³/mol. The largest absolute Gasteiger partial charge is 0.0919 e. The zero-order valence-corrected chi connectivity index (χ0v) is 8.11. The van der Waals surface area contributed by atoms with Crippen molar-refractivity contribution >= 4 is 15.9 Å². The van der Waals surface area contributed by atoms with Crippen LogP contribution in [0.3, 0.4) is 0 Å². The lowest BCUT2D eigenvalue weighted by molar-refractivity contribution is 0.495. The minimum Gasteiger partial charge on any atom is -0.0919 e. The van der Waals surface area contributed by atoms with Crippen molar-refractivity contribution in [2.75, 3.05) is 5.33 Å². The monoisotopic (exact) mass is 200 g/mol. The molecular weight excluding hydrogens is 188 g/mol. The van der Waals surface area contributed by atoms with Crippen molar-refractivity contribution < 1.29 is 0 Å². The fourth-order valence-corrected chi connectivity index (χ4v) is 1.65. The van der Waals surface area contributed by atoms with Gasteiger partial charge in [0.05, 0.1) is 0 Å². The zero-order valence-electron chi connectivity index (χ0n) is 6.52. The van der Waals surface area contributed by atoms with Gasteiger partial charge in [0.25, 0.3) is 0 Å². The molecule has 0 saturated heterocycles. The van der Waals surface area contributed by atoms with Crippen molar-refractivity contribution in [2.24, 2.45) is 5.41 Å². The molecule has 1 heteroatoms. The molecule has 0 aromatic carbocycles. The van der Waals surface area contributed by atoms with Gasteiger partial charge in [0.2, 0.25) is 0 Å². The van der Waals surface area contributed by atoms with E-state index in [0.717, 1.165) is 11.8 Å². The van der Waals surface area contributed by atoms with E-state index in [4.69, 9.17) is 0 Å². The first-order valence-electron chi connectivity index (χ1n) is 3.58. The minimum absolute atomic E-state index is 0.360. The molecule has 10 heavy (non-hydrogen) atoms. The molecule has 1 atom stereocenters. The molecule has 0 bridgehead atoms. The highest BCUT2D eigenvalue weighted by molar-refractivity contribution is 9.09. The molecule has 0 aromatic rings. The number of alkyl halides is 1. The standard InChI is InChI=1S/C9H13Br/c1-8-4-3-5-9(2,6-8)7-10/h3-4,6H,5,7H2,1-2H3. The molecule has 1 unspecified atom stereocenters. The molecule has 0 fully saturated rings. The van der Waals surface area contributed by atoms with Crippen LogP contribution in [0.15, 0.2) is 23.8 Å². The molecule has 0 aromatic heterocycles. The van der Waals surface area contributed by atoms with Crippen molar-refractivity contribution in [1.82, 2.24) is 0 Å². The third-order valence-corrected chi connectivity index (χ3v) is 3.13. The first kappa shape index (κ1) is 8.06. The fourth-order valence-electron chi connectivity index (χ4n) is 1.26. The highest BCUT2D eigenvalue weighted by Crippen LogP contribution is 2.31. The third kappa shape index (κ3) is 1.72. The fraction of sp³-hybridized carbons (Fsp3) is 0.556. The van der Waals surface area contributed by atoms with E-state index in [1.807, 2.05) is 0 Å². The normalized spacial score (nSPS) is 32.1. The summed E-state index contributed by atoms with van der Waals surface area (Å²) in [6.45, 7) is 4.42. The first-order chi connectivity index (χ1) is 4.66. The Morgan fingerprint density at radius 2 is 2.40 bits per heavy atom. The number of hydrogen-bond donors (Lipinski definition) is 0. The maximum absolute atomic E-state index is 3.52. The summed E-state index contributed by atoms with van der Waals surface area (Å²) in [5.41, 5.74) is 1.74. The lowest BCUT2D eigenvalue weighted by atomic mass is 9.84. The zero-order chi connectivity index (χ0) is 7.61. The van der Waals surface area contributed by atoms with Crippen molar-refractivity contribution in [3.63, 3.8) is 0 Å². The smallest absolute Gasteiger partial charge is 0.0123 e. The molecule has 56 valence electrons. The summed E-state index contributed by atoms with van der Waals surface area (Å²) in [4.78, 5) is 0. The molecule has 0 amide bonds. The summed E-state index contributed by atoms with van der Waals surface area (Å²) in [7, 11) is 0. The van der Waals surface area contributed by atoms with Crippen LogP contribution >= 0.6 is 15.9 Å². The van der Waals surface area contributed by atoms with Crippen LogP contribution < -0.4 is 0 Å². The Kier molecular flexibility index (Phi) is 2.35. The molecule has 1 aliphatic rings. The third-order valence-electron chi connectivity index (χ3n) is 1.85. The highest BCUT2D eigenvalue weighted by atomic mass is 79.9. The van der Waals surface area contributed by atoms with Gasteiger partial charge in [0.15, 0.2) is 0 Å². The Morgan fingerprint density at radius 1 is 1.70 bits per heavy atom. The van der Waals surface area contributed by atoms with E-state index < -0.39 is 0 Å². The van der Waals surface area contributed by atoms with Crippen LogP contribution in [0.5, 0.6) is 0 Å². The van der Waals surface area contributed by atoms with Gasteiger partial charge in [-0.1, -0.05) is 46.7 Å². The molecule has 0 spiro atoms. The lowest BCUT2D eigenvalue weighted by Crippen LogP contribution is -2.16. The lowest BCUT2D eigenvalue weighted by Gasteiger charge is -2.24. The average Bonchev–Trinajstić information content (AvgIpc) is 1.88. The van der Waals surface area contributed by atoms with Gasteiger partial charge in [0.1, 0.15) is 0 Å². The maximum atomic E-state index is 3.52. The number of halogens is 1. The van der Waals surface area contributed by atoms with Crippen LogP contribution in [-0.4, -0.2) is 5.33 Å². The van der Waals surface area contributed by atoms with Crippen molar-refractivity contribution in [2.45, 2.75) is 20.3 Å². The van der Waals surface area contributed by atoms with Gasteiger partial charge in [-0.05, 0) is 18.8 Å². The van der Waals surface area contributed by atoms with Gasteiger partial charge in [-0.25, -0.2) is 0 Å². The van der Waals surface area contributed by atoms with E-state index in [2.05, 4.69) is 48.0 Å². The maximum Gasteiger partial charge on any atom is 0.0123 e. The Bertz CT molecular complexity index is 179. The van der Waals surface area contributed by atoms with E-state index >= 15 is 0 Å². The summed E-state index contributed by atoms with van der Waals surface area (Å²) in [5.74, 6) is 0. The van der Waals surface area contributed by atoms with Crippen LogP contribution in [0.25, 0.3) is 0 Å². The molecule has 1 rings (SSSR count). The number of hydrogen-bond acceptors (Lipinski definition) is 0.